The highest BCUT2D eigenvalue weighted by atomic mass is 35.5. The second kappa shape index (κ2) is 14.8. The Kier molecular flexibility index (Phi) is 10.7. The number of carbonyl (C=O) groups is 3. The lowest BCUT2D eigenvalue weighted by molar-refractivity contribution is -0.137. The predicted molar refractivity (Wildman–Crippen MR) is 164 cm³/mol. The number of carbonyl (C=O) groups excluding carboxylic acids is 2. The minimum absolute atomic E-state index is 0.0738. The largest absolute Gasteiger partial charge is 0.494 e. The molecule has 4 rings (SSSR count). The van der Waals surface area contributed by atoms with Crippen molar-refractivity contribution in [2.75, 3.05) is 18.5 Å². The second-order valence-corrected chi connectivity index (χ2v) is 10.3. The van der Waals surface area contributed by atoms with Crippen LogP contribution in [0, 0.1) is 0 Å². The molecule has 4 aromatic rings. The maximum absolute atomic E-state index is 13.0. The summed E-state index contributed by atoms with van der Waals surface area (Å²) in [5, 5.41) is 16.5. The van der Waals surface area contributed by atoms with Crippen LogP contribution < -0.4 is 15.4 Å². The molecule has 0 fully saturated rings. The third kappa shape index (κ3) is 8.44. The highest BCUT2D eigenvalue weighted by Crippen LogP contribution is 2.22. The number of para-hydroxylation sites is 1. The molecule has 0 aliphatic rings. The summed E-state index contributed by atoms with van der Waals surface area (Å²) in [4.78, 5) is 37.6. The van der Waals surface area contributed by atoms with E-state index in [0.717, 1.165) is 11.1 Å². The molecule has 0 aliphatic heterocycles. The lowest BCUT2D eigenvalue weighted by atomic mass is 10.00. The average molecular weight is 585 g/mol. The number of nitrogens with one attached hydrogen (secondary N) is 2. The van der Waals surface area contributed by atoms with E-state index in [9.17, 15) is 19.5 Å². The molecule has 3 N–H and O–H groups in total. The van der Waals surface area contributed by atoms with Crippen molar-refractivity contribution in [2.24, 2.45) is 0 Å². The Morgan fingerprint density at radius 2 is 1.60 bits per heavy atom. The fraction of sp³-hybridized carbons (Fsp3) is 0.206. The summed E-state index contributed by atoms with van der Waals surface area (Å²) < 4.78 is 5.80. The van der Waals surface area contributed by atoms with Gasteiger partial charge in [0, 0.05) is 34.8 Å². The van der Waals surface area contributed by atoms with Crippen LogP contribution in [-0.2, 0) is 16.0 Å². The Bertz CT molecular complexity index is 1510. The monoisotopic (exact) mass is 584 g/mol. The minimum atomic E-state index is -1.02. The smallest absolute Gasteiger partial charge is 0.326 e. The van der Waals surface area contributed by atoms with Gasteiger partial charge in [-0.2, -0.15) is 0 Å². The van der Waals surface area contributed by atoms with Gasteiger partial charge in [0.2, 0.25) is 5.91 Å². The van der Waals surface area contributed by atoms with Gasteiger partial charge >= 0.3 is 5.97 Å². The van der Waals surface area contributed by atoms with E-state index in [1.54, 1.807) is 72.8 Å². The number of amides is 1. The van der Waals surface area contributed by atoms with Crippen molar-refractivity contribution >= 4 is 34.9 Å². The van der Waals surface area contributed by atoms with Gasteiger partial charge in [-0.25, -0.2) is 4.79 Å². The number of carboxylic acids is 1. The van der Waals surface area contributed by atoms with Crippen LogP contribution in [0.5, 0.6) is 5.75 Å². The summed E-state index contributed by atoms with van der Waals surface area (Å²) >= 11 is 6.03. The highest BCUT2D eigenvalue weighted by Gasteiger charge is 2.21. The van der Waals surface area contributed by atoms with E-state index in [1.807, 2.05) is 37.3 Å². The zero-order valence-electron chi connectivity index (χ0n) is 23.3. The highest BCUT2D eigenvalue weighted by molar-refractivity contribution is 6.30. The molecular formula is C34H33ClN2O5. The molecule has 0 saturated carbocycles. The molecule has 0 saturated heterocycles. The molecule has 7 nitrogen and oxygen atoms in total. The molecule has 42 heavy (non-hydrogen) atoms. The third-order valence-corrected chi connectivity index (χ3v) is 7.06. The van der Waals surface area contributed by atoms with Gasteiger partial charge in [-0.05, 0) is 60.9 Å². The number of rotatable bonds is 14. The first-order valence-electron chi connectivity index (χ1n) is 13.7. The first kappa shape index (κ1) is 30.3. The Labute approximate surface area is 250 Å². The van der Waals surface area contributed by atoms with Gasteiger partial charge in [0.1, 0.15) is 11.8 Å². The van der Waals surface area contributed by atoms with E-state index >= 15 is 0 Å². The zero-order valence-corrected chi connectivity index (χ0v) is 24.0. The number of halogens is 1. The van der Waals surface area contributed by atoms with Crippen LogP contribution in [0.4, 0.5) is 5.69 Å². The maximum Gasteiger partial charge on any atom is 0.326 e. The molecule has 2 unspecified atom stereocenters. The van der Waals surface area contributed by atoms with Crippen molar-refractivity contribution in [2.45, 2.75) is 31.7 Å². The Balaban J connectivity index is 1.27. The fourth-order valence-electron chi connectivity index (χ4n) is 4.45. The molecular weight excluding hydrogens is 552 g/mol. The lowest BCUT2D eigenvalue weighted by Crippen LogP contribution is -2.32. The molecule has 0 heterocycles. The Morgan fingerprint density at radius 1 is 0.881 bits per heavy atom. The maximum atomic E-state index is 13.0. The van der Waals surface area contributed by atoms with E-state index < -0.39 is 12.0 Å². The summed E-state index contributed by atoms with van der Waals surface area (Å²) in [5.74, 6) is -0.936. The number of carboxylic acid groups (broad SMARTS) is 1. The van der Waals surface area contributed by atoms with Gasteiger partial charge in [-0.15, -0.1) is 0 Å². The second-order valence-electron chi connectivity index (χ2n) is 9.89. The topological polar surface area (TPSA) is 105 Å². The molecule has 0 bridgehead atoms. The summed E-state index contributed by atoms with van der Waals surface area (Å²) in [6.45, 7) is 2.73. The van der Waals surface area contributed by atoms with E-state index in [0.29, 0.717) is 47.2 Å². The van der Waals surface area contributed by atoms with Crippen molar-refractivity contribution in [1.29, 1.82) is 0 Å². The summed E-state index contributed by atoms with van der Waals surface area (Å²) in [6.07, 6.45) is 0.836. The number of hydrogen-bond acceptors (Lipinski definition) is 5. The Hall–Kier alpha value is -4.62. The molecule has 8 heteroatoms. The Morgan fingerprint density at radius 3 is 2.31 bits per heavy atom. The van der Waals surface area contributed by atoms with E-state index in [2.05, 4.69) is 10.6 Å². The van der Waals surface area contributed by atoms with Crippen LogP contribution in [0.2, 0.25) is 5.02 Å². The standard InChI is InChI=1S/C34H33ClN2O5/c1-23(26-11-7-12-27(35)22-26)33(39)36-19-8-20-42-28-17-15-24(16-18-28)21-31(34(40)41)37-30-14-6-5-13-29(30)32(38)25-9-3-2-4-10-25/h2-7,9-18,22-23,31,37H,8,19-21H2,1H3,(H,36,39)(H,40,41). The third-order valence-electron chi connectivity index (χ3n) is 6.83. The van der Waals surface area contributed by atoms with Gasteiger partial charge in [0.05, 0.1) is 12.5 Å². The molecule has 216 valence electrons. The number of anilines is 1. The summed E-state index contributed by atoms with van der Waals surface area (Å²) in [5.41, 5.74) is 3.07. The molecule has 0 spiro atoms. The van der Waals surface area contributed by atoms with Crippen LogP contribution >= 0.6 is 11.6 Å². The normalized spacial score (nSPS) is 12.1. The number of hydrogen-bond donors (Lipinski definition) is 3. The summed E-state index contributed by atoms with van der Waals surface area (Å²) in [7, 11) is 0. The van der Waals surface area contributed by atoms with E-state index in [4.69, 9.17) is 16.3 Å². The molecule has 2 atom stereocenters. The predicted octanol–water partition coefficient (Wildman–Crippen LogP) is 6.37. The number of ether oxygens (including phenoxy) is 1. The number of ketones is 1. The van der Waals surface area contributed by atoms with Crippen LogP contribution in [0.25, 0.3) is 0 Å². The molecule has 4 aromatic carbocycles. The molecule has 0 aromatic heterocycles. The van der Waals surface area contributed by atoms with Crippen LogP contribution in [0.3, 0.4) is 0 Å². The van der Waals surface area contributed by atoms with Crippen molar-refractivity contribution in [3.63, 3.8) is 0 Å². The first-order valence-corrected chi connectivity index (χ1v) is 14.1. The molecule has 0 aliphatic carbocycles. The first-order chi connectivity index (χ1) is 20.3. The molecule has 0 radical (unpaired) electrons. The van der Waals surface area contributed by atoms with Crippen molar-refractivity contribution in [3.05, 3.63) is 130 Å². The fourth-order valence-corrected chi connectivity index (χ4v) is 4.65. The van der Waals surface area contributed by atoms with E-state index in [-0.39, 0.29) is 24.0 Å². The van der Waals surface area contributed by atoms with Crippen molar-refractivity contribution in [3.8, 4) is 5.75 Å². The van der Waals surface area contributed by atoms with Crippen LogP contribution in [-0.4, -0.2) is 42.0 Å². The SMILES string of the molecule is CC(C(=O)NCCCOc1ccc(CC(Nc2ccccc2C(=O)c2ccccc2)C(=O)O)cc1)c1cccc(Cl)c1. The van der Waals surface area contributed by atoms with Crippen LogP contribution in [0.1, 0.15) is 46.3 Å². The summed E-state index contributed by atoms with van der Waals surface area (Å²) in [6, 6.07) is 29.4. The van der Waals surface area contributed by atoms with Crippen LogP contribution in [0.15, 0.2) is 103 Å². The average Bonchev–Trinajstić information content (AvgIpc) is 3.01. The van der Waals surface area contributed by atoms with E-state index in [1.165, 1.54) is 0 Å². The number of aliphatic carboxylic acids is 1. The van der Waals surface area contributed by atoms with Gasteiger partial charge in [-0.3, -0.25) is 9.59 Å². The quantitative estimate of drug-likeness (QED) is 0.118. The van der Waals surface area contributed by atoms with Gasteiger partial charge < -0.3 is 20.5 Å². The lowest BCUT2D eigenvalue weighted by Gasteiger charge is -2.18. The van der Waals surface area contributed by atoms with Gasteiger partial charge in [0.25, 0.3) is 0 Å². The molecule has 1 amide bonds. The van der Waals surface area contributed by atoms with Gasteiger partial charge in [-0.1, -0.05) is 78.3 Å². The van der Waals surface area contributed by atoms with Crippen molar-refractivity contribution in [1.82, 2.24) is 5.32 Å². The zero-order chi connectivity index (χ0) is 29.9. The minimum Gasteiger partial charge on any atom is -0.494 e. The number of benzene rings is 4. The van der Waals surface area contributed by atoms with Gasteiger partial charge in [0.15, 0.2) is 5.78 Å². The van der Waals surface area contributed by atoms with Crippen molar-refractivity contribution < 1.29 is 24.2 Å².